The predicted octanol–water partition coefficient (Wildman–Crippen LogP) is 7.79. The maximum Gasteiger partial charge on any atom is 0.0637 e. The number of unbranched alkanes of at least 4 members (excludes halogenated alkanes) is 3. The van der Waals surface area contributed by atoms with Crippen molar-refractivity contribution in [3.05, 3.63) is 35.9 Å². The molecule has 5 unspecified atom stereocenters. The first-order valence-electron chi connectivity index (χ1n) is 21.4. The van der Waals surface area contributed by atoms with E-state index >= 15 is 0 Å². The zero-order valence-corrected chi connectivity index (χ0v) is 33.3. The number of hydrogen-bond acceptors (Lipinski definition) is 7. The van der Waals surface area contributed by atoms with Gasteiger partial charge in [-0.1, -0.05) is 51.1 Å². The van der Waals surface area contributed by atoms with E-state index in [2.05, 4.69) is 63.1 Å². The third-order valence-electron chi connectivity index (χ3n) is 14.7. The minimum Gasteiger partial charge on any atom is -0.378 e. The minimum atomic E-state index is 0.171. The normalized spacial score (nSPS) is 35.4. The average Bonchev–Trinajstić information content (AvgIpc) is 3.49. The van der Waals surface area contributed by atoms with Crippen LogP contribution < -0.4 is 17.2 Å². The van der Waals surface area contributed by atoms with Crippen LogP contribution in [0.4, 0.5) is 0 Å². The molecule has 4 fully saturated rings. The van der Waals surface area contributed by atoms with Crippen LogP contribution in [0.25, 0.3) is 0 Å². The molecule has 0 spiro atoms. The largest absolute Gasteiger partial charge is 0.378 e. The van der Waals surface area contributed by atoms with E-state index < -0.39 is 0 Å². The van der Waals surface area contributed by atoms with Gasteiger partial charge in [-0.25, -0.2) is 0 Å². The topological polar surface area (TPSA) is 109 Å². The molecule has 11 atom stereocenters. The smallest absolute Gasteiger partial charge is 0.0637 e. The van der Waals surface area contributed by atoms with Crippen LogP contribution in [-0.2, 0) is 20.8 Å². The Morgan fingerprint density at radius 2 is 1.43 bits per heavy atom. The van der Waals surface area contributed by atoms with Crippen molar-refractivity contribution in [2.75, 3.05) is 53.0 Å². The molecule has 7 nitrogen and oxygen atoms in total. The van der Waals surface area contributed by atoms with Gasteiger partial charge in [0.1, 0.15) is 0 Å². The fraction of sp³-hybridized carbons (Fsp3) is 0.864. The molecule has 0 aliphatic heterocycles. The van der Waals surface area contributed by atoms with Gasteiger partial charge in [-0.15, -0.1) is 0 Å². The fourth-order valence-electron chi connectivity index (χ4n) is 11.9. The van der Waals surface area contributed by atoms with Gasteiger partial charge in [0.05, 0.1) is 18.3 Å². The molecule has 51 heavy (non-hydrogen) atoms. The number of fused-ring (bicyclic) bond motifs is 5. The molecule has 292 valence electrons. The SMILES string of the molecule is C[C@H](CCCN(C)Cc1ccccc1)C1CC[C@H]2C3[C@H](OCCCCN)CC4C[C@H](OCCCCN)CCC4(C)[C@H]3C[C@H](OCCCCN)C12C. The molecule has 0 saturated heterocycles. The number of nitrogens with zero attached hydrogens (tertiary/aromatic N) is 1. The summed E-state index contributed by atoms with van der Waals surface area (Å²) in [4.78, 5) is 2.50. The molecule has 1 aromatic rings. The van der Waals surface area contributed by atoms with Gasteiger partial charge in [0, 0.05) is 31.8 Å². The molecule has 0 bridgehead atoms. The molecule has 0 heterocycles. The maximum atomic E-state index is 7.16. The molecule has 4 aliphatic carbocycles. The molecule has 5 rings (SSSR count). The fourth-order valence-corrected chi connectivity index (χ4v) is 11.9. The second kappa shape index (κ2) is 20.0. The van der Waals surface area contributed by atoms with Crippen molar-refractivity contribution in [1.82, 2.24) is 4.90 Å². The number of hydrogen-bond donors (Lipinski definition) is 3. The first kappa shape index (κ1) is 41.1. The van der Waals surface area contributed by atoms with Gasteiger partial charge in [-0.2, -0.15) is 0 Å². The van der Waals surface area contributed by atoms with Crippen molar-refractivity contribution in [2.45, 2.75) is 142 Å². The third-order valence-corrected chi connectivity index (χ3v) is 14.7. The molecular weight excluding hydrogens is 633 g/mol. The van der Waals surface area contributed by atoms with E-state index in [9.17, 15) is 0 Å². The zero-order chi connectivity index (χ0) is 36.3. The van der Waals surface area contributed by atoms with E-state index in [0.29, 0.717) is 59.2 Å². The average molecular weight is 711 g/mol. The van der Waals surface area contributed by atoms with Crippen LogP contribution in [0.2, 0.25) is 0 Å². The Kier molecular flexibility index (Phi) is 16.1. The molecule has 4 aliphatic rings. The molecule has 0 amide bonds. The maximum absolute atomic E-state index is 7.16. The monoisotopic (exact) mass is 711 g/mol. The van der Waals surface area contributed by atoms with Crippen molar-refractivity contribution in [3.63, 3.8) is 0 Å². The first-order valence-corrected chi connectivity index (χ1v) is 21.4. The van der Waals surface area contributed by atoms with Crippen molar-refractivity contribution in [1.29, 1.82) is 0 Å². The van der Waals surface area contributed by atoms with E-state index in [1.165, 1.54) is 63.4 Å². The molecule has 0 aromatic heterocycles. The van der Waals surface area contributed by atoms with Crippen LogP contribution in [0.5, 0.6) is 0 Å². The van der Waals surface area contributed by atoms with Gasteiger partial charge >= 0.3 is 0 Å². The molecule has 4 saturated carbocycles. The van der Waals surface area contributed by atoms with E-state index in [0.717, 1.165) is 91.1 Å². The number of rotatable bonds is 22. The Bertz CT molecular complexity index is 1120. The first-order chi connectivity index (χ1) is 24.8. The van der Waals surface area contributed by atoms with Gasteiger partial charge in [0.15, 0.2) is 0 Å². The summed E-state index contributed by atoms with van der Waals surface area (Å²) >= 11 is 0. The summed E-state index contributed by atoms with van der Waals surface area (Å²) in [7, 11) is 2.28. The van der Waals surface area contributed by atoms with Crippen LogP contribution >= 0.6 is 0 Å². The molecule has 1 aromatic carbocycles. The Labute approximate surface area is 312 Å². The van der Waals surface area contributed by atoms with Gasteiger partial charge in [-0.3, -0.25) is 0 Å². The molecular formula is C44H78N4O3. The van der Waals surface area contributed by atoms with E-state index in [1.807, 2.05) is 0 Å². The molecule has 6 N–H and O–H groups in total. The second-order valence-electron chi connectivity index (χ2n) is 17.9. The van der Waals surface area contributed by atoms with Crippen LogP contribution in [0.3, 0.4) is 0 Å². The quantitative estimate of drug-likeness (QED) is 0.106. The summed E-state index contributed by atoms with van der Waals surface area (Å²) in [6.45, 7) is 14.8. The summed E-state index contributed by atoms with van der Waals surface area (Å²) in [6, 6.07) is 10.9. The highest BCUT2D eigenvalue weighted by Gasteiger charge is 2.66. The number of ether oxygens (including phenoxy) is 3. The van der Waals surface area contributed by atoms with Crippen LogP contribution in [-0.4, -0.2) is 76.3 Å². The van der Waals surface area contributed by atoms with Gasteiger partial charge in [0.25, 0.3) is 0 Å². The zero-order valence-electron chi connectivity index (χ0n) is 33.3. The van der Waals surface area contributed by atoms with Gasteiger partial charge in [0.2, 0.25) is 0 Å². The van der Waals surface area contributed by atoms with E-state index in [1.54, 1.807) is 0 Å². The van der Waals surface area contributed by atoms with E-state index in [-0.39, 0.29) is 5.41 Å². The summed E-state index contributed by atoms with van der Waals surface area (Å²) in [6.07, 6.45) is 18.5. The van der Waals surface area contributed by atoms with Crippen molar-refractivity contribution in [3.8, 4) is 0 Å². The lowest BCUT2D eigenvalue weighted by atomic mass is 9.43. The summed E-state index contributed by atoms with van der Waals surface area (Å²) in [5.74, 6) is 3.88. The third kappa shape index (κ3) is 9.98. The van der Waals surface area contributed by atoms with Crippen LogP contribution in [0, 0.1) is 46.3 Å². The number of benzene rings is 1. The van der Waals surface area contributed by atoms with Crippen LogP contribution in [0.1, 0.15) is 123 Å². The van der Waals surface area contributed by atoms with E-state index in [4.69, 9.17) is 31.4 Å². The lowest BCUT2D eigenvalue weighted by Gasteiger charge is -2.65. The second-order valence-corrected chi connectivity index (χ2v) is 17.9. The minimum absolute atomic E-state index is 0.171. The predicted molar refractivity (Wildman–Crippen MR) is 211 cm³/mol. The summed E-state index contributed by atoms with van der Waals surface area (Å²) in [5, 5.41) is 0. The van der Waals surface area contributed by atoms with Gasteiger partial charge in [-0.05, 0) is 176 Å². The highest BCUT2D eigenvalue weighted by atomic mass is 16.5. The molecule has 7 heteroatoms. The van der Waals surface area contributed by atoms with Crippen LogP contribution in [0.15, 0.2) is 30.3 Å². The lowest BCUT2D eigenvalue weighted by molar-refractivity contribution is -0.227. The van der Waals surface area contributed by atoms with Crippen molar-refractivity contribution in [2.24, 2.45) is 63.5 Å². The van der Waals surface area contributed by atoms with Crippen molar-refractivity contribution < 1.29 is 14.2 Å². The lowest BCUT2D eigenvalue weighted by Crippen LogP contribution is -2.63. The summed E-state index contributed by atoms with van der Waals surface area (Å²) < 4.78 is 20.7. The number of nitrogens with two attached hydrogens (primary N) is 3. The Morgan fingerprint density at radius 1 is 0.765 bits per heavy atom. The highest BCUT2D eigenvalue weighted by Crippen LogP contribution is 2.69. The Morgan fingerprint density at radius 3 is 2.12 bits per heavy atom. The molecule has 0 radical (unpaired) electrons. The standard InChI is InChI=1S/C44H78N4O3/c1-33(15-14-25-48(4)32-34-16-6-5-7-17-34)37-18-19-38-42-39(31-41(44(37,38)3)51-28-13-10-24-47)43(2)21-20-36(49-26-11-8-22-45)29-35(43)30-40(42)50-27-12-9-23-46/h5-7,16-17,33,35-42H,8-15,18-32,45-47H2,1-4H3/t33-,35?,36-,37?,38+,39+,40-,41+,42?,43?,44?/m1/s1. The highest BCUT2D eigenvalue weighted by molar-refractivity contribution is 5.16. The van der Waals surface area contributed by atoms with Crippen molar-refractivity contribution >= 4 is 0 Å². The Balaban J connectivity index is 1.34. The Hall–Kier alpha value is -1.06. The van der Waals surface area contributed by atoms with Gasteiger partial charge < -0.3 is 36.3 Å². The summed E-state index contributed by atoms with van der Waals surface area (Å²) in [5.41, 5.74) is 19.5.